The van der Waals surface area contributed by atoms with Crippen molar-refractivity contribution in [1.82, 2.24) is 4.72 Å². The van der Waals surface area contributed by atoms with Crippen molar-refractivity contribution >= 4 is 21.6 Å². The molecule has 0 aliphatic rings. The number of carbonyl (C=O) groups excluding carboxylic acids is 1. The van der Waals surface area contributed by atoms with Crippen LogP contribution >= 0.6 is 0 Å². The van der Waals surface area contributed by atoms with Gasteiger partial charge in [0.25, 0.3) is 5.91 Å². The molecule has 29 heavy (non-hydrogen) atoms. The van der Waals surface area contributed by atoms with Crippen molar-refractivity contribution < 1.29 is 17.9 Å². The van der Waals surface area contributed by atoms with Crippen molar-refractivity contribution in [2.45, 2.75) is 39.5 Å². The predicted octanol–water partition coefficient (Wildman–Crippen LogP) is 3.59. The van der Waals surface area contributed by atoms with Gasteiger partial charge in [0.1, 0.15) is 5.75 Å². The zero-order valence-corrected chi connectivity index (χ0v) is 18.8. The fraction of sp³-hybridized carbons (Fsp3) is 0.409. The molecule has 0 atom stereocenters. The van der Waals surface area contributed by atoms with Crippen molar-refractivity contribution in [2.75, 3.05) is 25.1 Å². The summed E-state index contributed by atoms with van der Waals surface area (Å²) in [4.78, 5) is 14.2. The minimum Gasteiger partial charge on any atom is -0.483 e. The summed E-state index contributed by atoms with van der Waals surface area (Å²) in [7, 11) is -1.86. The molecule has 0 fully saturated rings. The van der Waals surface area contributed by atoms with Crippen LogP contribution in [0.15, 0.2) is 41.3 Å². The summed E-state index contributed by atoms with van der Waals surface area (Å²) in [5, 5.41) is 0. The summed E-state index contributed by atoms with van der Waals surface area (Å²) < 4.78 is 32.9. The third kappa shape index (κ3) is 6.05. The van der Waals surface area contributed by atoms with Crippen molar-refractivity contribution in [3.63, 3.8) is 0 Å². The molecule has 2 aromatic carbocycles. The quantitative estimate of drug-likeness (QED) is 0.711. The first-order chi connectivity index (χ1) is 13.5. The van der Waals surface area contributed by atoms with Crippen LogP contribution in [0, 0.1) is 26.7 Å². The lowest BCUT2D eigenvalue weighted by molar-refractivity contribution is -0.120. The van der Waals surface area contributed by atoms with Crippen molar-refractivity contribution in [1.29, 1.82) is 0 Å². The monoisotopic (exact) mass is 418 g/mol. The molecule has 0 radical (unpaired) electrons. The van der Waals surface area contributed by atoms with Gasteiger partial charge in [0.15, 0.2) is 6.61 Å². The van der Waals surface area contributed by atoms with Crippen molar-refractivity contribution in [3.05, 3.63) is 53.1 Å². The van der Waals surface area contributed by atoms with E-state index in [4.69, 9.17) is 4.74 Å². The minimum atomic E-state index is -3.56. The normalized spacial score (nSPS) is 11.6. The molecule has 0 aliphatic heterocycles. The summed E-state index contributed by atoms with van der Waals surface area (Å²) in [5.74, 6) is 0.506. The van der Waals surface area contributed by atoms with Gasteiger partial charge in [-0.05, 0) is 73.7 Å². The Kier molecular flexibility index (Phi) is 7.43. The molecule has 0 unspecified atom stereocenters. The van der Waals surface area contributed by atoms with E-state index in [0.717, 1.165) is 11.3 Å². The van der Waals surface area contributed by atoms with Gasteiger partial charge in [-0.1, -0.05) is 19.9 Å². The molecule has 0 saturated carbocycles. The van der Waals surface area contributed by atoms with E-state index in [2.05, 4.69) is 4.72 Å². The highest BCUT2D eigenvalue weighted by Crippen LogP contribution is 2.23. The number of ether oxygens (including phenoxy) is 1. The van der Waals surface area contributed by atoms with Gasteiger partial charge >= 0.3 is 0 Å². The molecular formula is C22H30N2O4S. The van der Waals surface area contributed by atoms with Crippen LogP contribution in [0.3, 0.4) is 0 Å². The Morgan fingerprint density at radius 2 is 1.72 bits per heavy atom. The number of anilines is 1. The highest BCUT2D eigenvalue weighted by Gasteiger charge is 2.17. The fourth-order valence-electron chi connectivity index (χ4n) is 2.63. The Morgan fingerprint density at radius 1 is 1.03 bits per heavy atom. The summed E-state index contributed by atoms with van der Waals surface area (Å²) in [6.45, 7) is 9.90. The van der Waals surface area contributed by atoms with E-state index >= 15 is 0 Å². The Hall–Kier alpha value is -2.38. The third-order valence-corrected chi connectivity index (χ3v) is 6.16. The second-order valence-corrected chi connectivity index (χ2v) is 9.45. The SMILES string of the molecule is Cc1ccc(N(C)C(=O)COc2ccc(S(=O)(=O)NCC(C)C)cc2C)cc1C. The molecule has 7 heteroatoms. The molecule has 0 aliphatic carbocycles. The maximum absolute atomic E-state index is 12.5. The van der Waals surface area contributed by atoms with Crippen LogP contribution in [0.4, 0.5) is 5.69 Å². The lowest BCUT2D eigenvalue weighted by atomic mass is 10.1. The fourth-order valence-corrected chi connectivity index (χ4v) is 3.92. The van der Waals surface area contributed by atoms with E-state index in [-0.39, 0.29) is 23.3 Å². The van der Waals surface area contributed by atoms with Crippen LogP contribution in [0.25, 0.3) is 0 Å². The number of carbonyl (C=O) groups is 1. The molecule has 2 rings (SSSR count). The molecular weight excluding hydrogens is 388 g/mol. The second kappa shape index (κ2) is 9.41. The zero-order chi connectivity index (χ0) is 21.8. The number of hydrogen-bond donors (Lipinski definition) is 1. The van der Waals surface area contributed by atoms with E-state index in [1.165, 1.54) is 11.6 Å². The first-order valence-corrected chi connectivity index (χ1v) is 11.1. The van der Waals surface area contributed by atoms with Crippen LogP contribution in [-0.4, -0.2) is 34.5 Å². The van der Waals surface area contributed by atoms with Crippen LogP contribution in [0.2, 0.25) is 0 Å². The van der Waals surface area contributed by atoms with Gasteiger partial charge < -0.3 is 9.64 Å². The number of benzene rings is 2. The van der Waals surface area contributed by atoms with E-state index < -0.39 is 10.0 Å². The standard InChI is InChI=1S/C22H30N2O4S/c1-15(2)13-23-29(26,27)20-9-10-21(18(5)12-20)28-14-22(25)24(6)19-8-7-16(3)17(4)11-19/h7-12,15,23H,13-14H2,1-6H3. The molecule has 2 aromatic rings. The number of sulfonamides is 1. The number of likely N-dealkylation sites (N-methyl/N-ethyl adjacent to an activating group) is 1. The number of nitrogens with one attached hydrogen (secondary N) is 1. The largest absolute Gasteiger partial charge is 0.483 e. The minimum absolute atomic E-state index is 0.137. The van der Waals surface area contributed by atoms with Crippen LogP contribution in [-0.2, 0) is 14.8 Å². The number of rotatable bonds is 8. The van der Waals surface area contributed by atoms with Gasteiger partial charge in [0.2, 0.25) is 10.0 Å². The average molecular weight is 419 g/mol. The topological polar surface area (TPSA) is 75.7 Å². The van der Waals surface area contributed by atoms with Gasteiger partial charge in [-0.25, -0.2) is 13.1 Å². The van der Waals surface area contributed by atoms with Crippen LogP contribution < -0.4 is 14.4 Å². The maximum atomic E-state index is 12.5. The van der Waals surface area contributed by atoms with E-state index in [0.29, 0.717) is 17.9 Å². The average Bonchev–Trinajstić information content (AvgIpc) is 2.66. The number of nitrogens with zero attached hydrogens (tertiary/aromatic N) is 1. The van der Waals surface area contributed by atoms with E-state index in [1.54, 1.807) is 31.0 Å². The van der Waals surface area contributed by atoms with Crippen molar-refractivity contribution in [3.8, 4) is 5.75 Å². The Morgan fingerprint density at radius 3 is 2.31 bits per heavy atom. The summed E-state index contributed by atoms with van der Waals surface area (Å²) >= 11 is 0. The molecule has 1 N–H and O–H groups in total. The second-order valence-electron chi connectivity index (χ2n) is 7.68. The molecule has 0 spiro atoms. The molecule has 0 bridgehead atoms. The van der Waals surface area contributed by atoms with Crippen LogP contribution in [0.1, 0.15) is 30.5 Å². The number of aryl methyl sites for hydroxylation is 3. The molecule has 0 saturated heterocycles. The number of hydrogen-bond acceptors (Lipinski definition) is 4. The van der Waals surface area contributed by atoms with E-state index in [1.807, 2.05) is 45.9 Å². The molecule has 158 valence electrons. The maximum Gasteiger partial charge on any atom is 0.264 e. The Labute approximate surface area is 173 Å². The van der Waals surface area contributed by atoms with Gasteiger partial charge in [-0.3, -0.25) is 4.79 Å². The summed E-state index contributed by atoms with van der Waals surface area (Å²) in [6.07, 6.45) is 0. The molecule has 0 heterocycles. The lowest BCUT2D eigenvalue weighted by Gasteiger charge is -2.19. The lowest BCUT2D eigenvalue weighted by Crippen LogP contribution is -2.31. The van der Waals surface area contributed by atoms with Crippen LogP contribution in [0.5, 0.6) is 5.75 Å². The first-order valence-electron chi connectivity index (χ1n) is 9.58. The van der Waals surface area contributed by atoms with Crippen molar-refractivity contribution in [2.24, 2.45) is 5.92 Å². The van der Waals surface area contributed by atoms with Gasteiger partial charge in [0, 0.05) is 19.3 Å². The predicted molar refractivity (Wildman–Crippen MR) is 116 cm³/mol. The summed E-state index contributed by atoms with van der Waals surface area (Å²) in [6, 6.07) is 10.5. The van der Waals surface area contributed by atoms with Gasteiger partial charge in [-0.15, -0.1) is 0 Å². The summed E-state index contributed by atoms with van der Waals surface area (Å²) in [5.41, 5.74) is 3.73. The van der Waals surface area contributed by atoms with Gasteiger partial charge in [-0.2, -0.15) is 0 Å². The zero-order valence-electron chi connectivity index (χ0n) is 17.9. The Bertz CT molecular complexity index is 984. The number of amides is 1. The van der Waals surface area contributed by atoms with Gasteiger partial charge in [0.05, 0.1) is 4.90 Å². The first kappa shape index (κ1) is 22.9. The highest BCUT2D eigenvalue weighted by atomic mass is 32.2. The third-order valence-electron chi connectivity index (χ3n) is 4.74. The Balaban J connectivity index is 2.05. The molecule has 1 amide bonds. The van der Waals surface area contributed by atoms with E-state index in [9.17, 15) is 13.2 Å². The molecule has 0 aromatic heterocycles. The smallest absolute Gasteiger partial charge is 0.264 e. The molecule has 6 nitrogen and oxygen atoms in total. The highest BCUT2D eigenvalue weighted by molar-refractivity contribution is 7.89.